The molecule has 1 aromatic heterocycles. The number of benzene rings is 1. The second-order valence-corrected chi connectivity index (χ2v) is 5.54. The van der Waals surface area contributed by atoms with Gasteiger partial charge in [0.15, 0.2) is 5.69 Å². The normalized spacial score (nSPS) is 10.9. The number of aromatic amines is 1. The molecule has 3 N–H and O–H groups in total. The minimum absolute atomic E-state index is 0.152. The number of carbonyl (C=O) groups is 1. The van der Waals surface area contributed by atoms with Crippen molar-refractivity contribution in [3.05, 3.63) is 44.3 Å². The number of nitrogens with one attached hydrogen (secondary N) is 2. The number of H-pyrrole nitrogens is 1. The van der Waals surface area contributed by atoms with Gasteiger partial charge in [-0.15, -0.1) is 0 Å². The molecule has 0 unspecified atom stereocenters. The lowest BCUT2D eigenvalue weighted by Crippen LogP contribution is -2.18. The lowest BCUT2D eigenvalue weighted by Gasteiger charge is -2.03. The molecule has 0 aliphatic carbocycles. The van der Waals surface area contributed by atoms with E-state index in [1.807, 2.05) is 6.07 Å². The average Bonchev–Trinajstić information content (AvgIpc) is 2.81. The highest BCUT2D eigenvalue weighted by molar-refractivity contribution is 14.1. The van der Waals surface area contributed by atoms with Gasteiger partial charge in [0.1, 0.15) is 5.75 Å². The lowest BCUT2D eigenvalue weighted by molar-refractivity contribution is 0.0950. The third kappa shape index (κ3) is 3.35. The Bertz CT molecular complexity index is 679. The predicted octanol–water partition coefficient (Wildman–Crippen LogP) is 2.10. The number of carbonyl (C=O) groups excluding carboxylic acids is 1. The van der Waals surface area contributed by atoms with E-state index in [0.29, 0.717) is 5.56 Å². The molecule has 0 spiro atoms. The summed E-state index contributed by atoms with van der Waals surface area (Å²) in [4.78, 5) is 11.7. The van der Waals surface area contributed by atoms with Crippen LogP contribution in [0.2, 0.25) is 0 Å². The van der Waals surface area contributed by atoms with Gasteiger partial charge >= 0.3 is 0 Å². The van der Waals surface area contributed by atoms with Crippen LogP contribution in [0.15, 0.2) is 23.3 Å². The monoisotopic (exact) mass is 384 g/mol. The van der Waals surface area contributed by atoms with E-state index in [1.165, 1.54) is 6.21 Å². The molecule has 2 aromatic rings. The number of phenols is 1. The van der Waals surface area contributed by atoms with E-state index in [2.05, 4.69) is 43.3 Å². The fourth-order valence-electron chi connectivity index (χ4n) is 1.61. The van der Waals surface area contributed by atoms with Crippen LogP contribution in [-0.2, 0) is 0 Å². The zero-order valence-electron chi connectivity index (χ0n) is 10.9. The van der Waals surface area contributed by atoms with Crippen LogP contribution in [0.5, 0.6) is 5.75 Å². The number of aromatic hydroxyl groups is 1. The van der Waals surface area contributed by atoms with Gasteiger partial charge in [-0.1, -0.05) is 0 Å². The van der Waals surface area contributed by atoms with Crippen LogP contribution in [0.1, 0.15) is 27.3 Å². The number of nitrogens with zero attached hydrogens (tertiary/aromatic N) is 2. The highest BCUT2D eigenvalue weighted by Crippen LogP contribution is 2.23. The third-order valence-electron chi connectivity index (χ3n) is 2.60. The number of halogens is 1. The Labute approximate surface area is 129 Å². The van der Waals surface area contributed by atoms with E-state index in [9.17, 15) is 9.90 Å². The molecule has 0 saturated carbocycles. The largest absolute Gasteiger partial charge is 0.507 e. The molecular formula is C13H13IN4O2. The Morgan fingerprint density at radius 2 is 2.20 bits per heavy atom. The van der Waals surface area contributed by atoms with Crippen molar-refractivity contribution in [2.45, 2.75) is 13.8 Å². The molecule has 0 aliphatic rings. The van der Waals surface area contributed by atoms with Gasteiger partial charge in [-0.25, -0.2) is 5.43 Å². The average molecular weight is 384 g/mol. The topological polar surface area (TPSA) is 90.4 Å². The molecule has 1 amide bonds. The number of aryl methyl sites for hydroxylation is 2. The van der Waals surface area contributed by atoms with E-state index in [1.54, 1.807) is 26.0 Å². The van der Waals surface area contributed by atoms with Crippen LogP contribution < -0.4 is 5.43 Å². The maximum atomic E-state index is 11.7. The summed E-state index contributed by atoms with van der Waals surface area (Å²) in [5.74, 6) is -0.258. The third-order valence-corrected chi connectivity index (χ3v) is 3.23. The second kappa shape index (κ2) is 6.04. The fraction of sp³-hybridized carbons (Fsp3) is 0.154. The highest BCUT2D eigenvalue weighted by Gasteiger charge is 2.08. The first kappa shape index (κ1) is 14.5. The first-order valence-electron chi connectivity index (χ1n) is 5.82. The molecule has 0 aliphatic heterocycles. The molecular weight excluding hydrogens is 371 g/mol. The fourth-order valence-corrected chi connectivity index (χ4v) is 2.41. The summed E-state index contributed by atoms with van der Waals surface area (Å²) in [6.07, 6.45) is 1.40. The van der Waals surface area contributed by atoms with Crippen LogP contribution in [0.25, 0.3) is 0 Å². The van der Waals surface area contributed by atoms with Crippen molar-refractivity contribution >= 4 is 34.7 Å². The Hall–Kier alpha value is -1.90. The quantitative estimate of drug-likeness (QED) is 0.430. The number of hydrogen-bond acceptors (Lipinski definition) is 4. The molecule has 1 heterocycles. The predicted molar refractivity (Wildman–Crippen MR) is 83.9 cm³/mol. The van der Waals surface area contributed by atoms with Crippen molar-refractivity contribution in [2.24, 2.45) is 5.10 Å². The maximum Gasteiger partial charge on any atom is 0.291 e. The van der Waals surface area contributed by atoms with Crippen molar-refractivity contribution in [1.29, 1.82) is 0 Å². The Morgan fingerprint density at radius 3 is 2.85 bits per heavy atom. The standard InChI is InChI=1S/C13H13IN4O2/c1-7-3-10(14)5-9(12(7)19)6-15-18-13(20)11-4-8(2)16-17-11/h3-6,19H,1-2H3,(H,16,17)(H,18,20)/b15-6-. The maximum absolute atomic E-state index is 11.7. The first-order valence-corrected chi connectivity index (χ1v) is 6.90. The molecule has 2 rings (SSSR count). The van der Waals surface area contributed by atoms with E-state index in [4.69, 9.17) is 0 Å². The summed E-state index contributed by atoms with van der Waals surface area (Å²) in [6.45, 7) is 3.61. The molecule has 0 radical (unpaired) electrons. The van der Waals surface area contributed by atoms with Gasteiger partial charge in [-0.2, -0.15) is 10.2 Å². The van der Waals surface area contributed by atoms with Gasteiger partial charge < -0.3 is 5.11 Å². The zero-order valence-corrected chi connectivity index (χ0v) is 13.1. The molecule has 20 heavy (non-hydrogen) atoms. The summed E-state index contributed by atoms with van der Waals surface area (Å²) in [5, 5.41) is 20.2. The van der Waals surface area contributed by atoms with Crippen molar-refractivity contribution < 1.29 is 9.90 Å². The molecule has 0 fully saturated rings. The number of aromatic nitrogens is 2. The summed E-state index contributed by atoms with van der Waals surface area (Å²) in [7, 11) is 0. The van der Waals surface area contributed by atoms with Gasteiger partial charge in [-0.3, -0.25) is 9.89 Å². The molecule has 0 atom stereocenters. The highest BCUT2D eigenvalue weighted by atomic mass is 127. The summed E-state index contributed by atoms with van der Waals surface area (Å²) < 4.78 is 0.980. The van der Waals surface area contributed by atoms with Gasteiger partial charge in [0.05, 0.1) is 6.21 Å². The lowest BCUT2D eigenvalue weighted by atomic mass is 10.1. The molecule has 104 valence electrons. The Balaban J connectivity index is 2.09. The Morgan fingerprint density at radius 1 is 1.45 bits per heavy atom. The van der Waals surface area contributed by atoms with Gasteiger partial charge in [0.25, 0.3) is 5.91 Å². The molecule has 0 saturated heterocycles. The van der Waals surface area contributed by atoms with Crippen LogP contribution in [0, 0.1) is 17.4 Å². The summed E-state index contributed by atoms with van der Waals surface area (Å²) in [6, 6.07) is 5.26. The Kier molecular flexibility index (Phi) is 4.38. The van der Waals surface area contributed by atoms with Crippen LogP contribution >= 0.6 is 22.6 Å². The molecule has 7 heteroatoms. The number of rotatable bonds is 3. The van der Waals surface area contributed by atoms with E-state index >= 15 is 0 Å². The van der Waals surface area contributed by atoms with Crippen molar-refractivity contribution in [3.63, 3.8) is 0 Å². The number of amides is 1. The number of phenolic OH excluding ortho intramolecular Hbond substituents is 1. The smallest absolute Gasteiger partial charge is 0.291 e. The van der Waals surface area contributed by atoms with Gasteiger partial charge in [-0.05, 0) is 60.2 Å². The van der Waals surface area contributed by atoms with Crippen LogP contribution in [-0.4, -0.2) is 27.4 Å². The molecule has 0 bridgehead atoms. The SMILES string of the molecule is Cc1cc(C(=O)N/N=C\c2cc(I)cc(C)c2O)n[nH]1. The first-order chi connectivity index (χ1) is 9.47. The summed E-state index contributed by atoms with van der Waals surface area (Å²) >= 11 is 2.15. The summed E-state index contributed by atoms with van der Waals surface area (Å²) in [5.41, 5.74) is 4.73. The second-order valence-electron chi connectivity index (χ2n) is 4.30. The number of hydrazone groups is 1. The minimum Gasteiger partial charge on any atom is -0.507 e. The molecule has 6 nitrogen and oxygen atoms in total. The van der Waals surface area contributed by atoms with E-state index in [-0.39, 0.29) is 11.4 Å². The zero-order chi connectivity index (χ0) is 14.7. The number of hydrogen-bond donors (Lipinski definition) is 3. The van der Waals surface area contributed by atoms with Crippen LogP contribution in [0.4, 0.5) is 0 Å². The van der Waals surface area contributed by atoms with E-state index < -0.39 is 5.91 Å². The van der Waals surface area contributed by atoms with Gasteiger partial charge in [0.2, 0.25) is 0 Å². The van der Waals surface area contributed by atoms with Crippen molar-refractivity contribution in [1.82, 2.24) is 15.6 Å². The van der Waals surface area contributed by atoms with Crippen molar-refractivity contribution in [3.8, 4) is 5.75 Å². The minimum atomic E-state index is -0.410. The molecule has 1 aromatic carbocycles. The van der Waals surface area contributed by atoms with Crippen LogP contribution in [0.3, 0.4) is 0 Å². The van der Waals surface area contributed by atoms with E-state index in [0.717, 1.165) is 14.8 Å². The van der Waals surface area contributed by atoms with Gasteiger partial charge in [0, 0.05) is 14.8 Å². The van der Waals surface area contributed by atoms with Crippen molar-refractivity contribution in [2.75, 3.05) is 0 Å².